The first kappa shape index (κ1) is 11.9. The fourth-order valence-electron chi connectivity index (χ4n) is 2.49. The zero-order chi connectivity index (χ0) is 14.5. The van der Waals surface area contributed by atoms with Crippen LogP contribution in [0, 0.1) is 0 Å². The Morgan fingerprint density at radius 3 is 1.10 bits per heavy atom. The van der Waals surface area contributed by atoms with Gasteiger partial charge in [0.15, 0.2) is 0 Å². The maximum Gasteiger partial charge on any atom is 0.109 e. The summed E-state index contributed by atoms with van der Waals surface area (Å²) in [5.41, 5.74) is 0. The van der Waals surface area contributed by atoms with Gasteiger partial charge in [-0.3, -0.25) is 0 Å². The van der Waals surface area contributed by atoms with Crippen molar-refractivity contribution < 1.29 is 1.37 Å². The van der Waals surface area contributed by atoms with Crippen LogP contribution in [0.3, 0.4) is 0 Å². The molecule has 20 heavy (non-hydrogen) atoms. The van der Waals surface area contributed by atoms with Crippen LogP contribution >= 0.6 is 7.26 Å². The molecule has 0 atom stereocenters. The average Bonchev–Trinajstić information content (AvgIpc) is 2.59. The minimum Gasteiger partial charge on any atom is -0.0620 e. The fourth-order valence-corrected chi connectivity index (χ4v) is 5.43. The third-order valence-electron chi connectivity index (χ3n) is 3.59. The number of benzene rings is 3. The van der Waals surface area contributed by atoms with Gasteiger partial charge in [-0.05, 0) is 36.4 Å². The van der Waals surface area contributed by atoms with Crippen LogP contribution < -0.4 is 15.9 Å². The Labute approximate surface area is 122 Å². The van der Waals surface area contributed by atoms with Crippen molar-refractivity contribution in [3.05, 3.63) is 91.0 Å². The highest BCUT2D eigenvalue weighted by molar-refractivity contribution is 7.95. The second-order valence-electron chi connectivity index (χ2n) is 4.82. The molecule has 0 fully saturated rings. The van der Waals surface area contributed by atoms with Gasteiger partial charge in [0.25, 0.3) is 0 Å². The molecular formula is C19H18P+. The first-order valence-corrected chi connectivity index (χ1v) is 8.69. The molecule has 0 bridgehead atoms. The molecule has 98 valence electrons. The molecule has 0 saturated carbocycles. The summed E-state index contributed by atoms with van der Waals surface area (Å²) in [6.45, 7) is 0.394. The van der Waals surface area contributed by atoms with E-state index < -0.39 is 7.26 Å². The monoisotopic (exact) mass is 278 g/mol. The lowest BCUT2D eigenvalue weighted by Crippen LogP contribution is -2.30. The normalized spacial score (nSPS) is 11.9. The Balaban J connectivity index is 2.29. The molecule has 0 aliphatic heterocycles. The number of hydrogen-bond acceptors (Lipinski definition) is 0. The standard InChI is InChI=1S/C19H18P/c1-20(17-11-5-2-6-12-17,18-13-7-3-8-14-18)19-15-9-4-10-16-19/h2-16H,1H3/q+1/i1D. The van der Waals surface area contributed by atoms with Gasteiger partial charge in [0.2, 0.25) is 0 Å². The van der Waals surface area contributed by atoms with Crippen LogP contribution in [-0.2, 0) is 0 Å². The summed E-state index contributed by atoms with van der Waals surface area (Å²) in [6.07, 6.45) is 0. The van der Waals surface area contributed by atoms with E-state index in [2.05, 4.69) is 72.8 Å². The summed E-state index contributed by atoms with van der Waals surface area (Å²) < 4.78 is 8.37. The Morgan fingerprint density at radius 1 is 0.550 bits per heavy atom. The highest BCUT2D eigenvalue weighted by Crippen LogP contribution is 2.51. The summed E-state index contributed by atoms with van der Waals surface area (Å²) in [6, 6.07) is 31.6. The third-order valence-corrected chi connectivity index (χ3v) is 7.13. The average molecular weight is 278 g/mol. The first-order chi connectivity index (χ1) is 10.4. The molecule has 0 amide bonds. The summed E-state index contributed by atoms with van der Waals surface area (Å²) in [5.74, 6) is 0. The highest BCUT2D eigenvalue weighted by atomic mass is 31.2. The lowest BCUT2D eigenvalue weighted by atomic mass is 10.4. The van der Waals surface area contributed by atoms with Gasteiger partial charge in [-0.2, -0.15) is 0 Å². The van der Waals surface area contributed by atoms with E-state index in [0.717, 1.165) is 0 Å². The van der Waals surface area contributed by atoms with E-state index in [0.29, 0.717) is 6.64 Å². The molecule has 0 spiro atoms. The minimum atomic E-state index is -1.87. The van der Waals surface area contributed by atoms with Gasteiger partial charge in [-0.1, -0.05) is 54.6 Å². The van der Waals surface area contributed by atoms with E-state index in [1.54, 1.807) is 0 Å². The molecule has 3 aromatic carbocycles. The van der Waals surface area contributed by atoms with Crippen molar-refractivity contribution in [1.29, 1.82) is 0 Å². The fraction of sp³-hybridized carbons (Fsp3) is 0.0526. The predicted molar refractivity (Wildman–Crippen MR) is 91.1 cm³/mol. The molecule has 3 aromatic rings. The van der Waals surface area contributed by atoms with Crippen LogP contribution in [0.4, 0.5) is 0 Å². The predicted octanol–water partition coefficient (Wildman–Crippen LogP) is 3.61. The van der Waals surface area contributed by atoms with Gasteiger partial charge in [-0.25, -0.2) is 0 Å². The van der Waals surface area contributed by atoms with Crippen molar-refractivity contribution in [2.24, 2.45) is 0 Å². The molecule has 0 nitrogen and oxygen atoms in total. The van der Waals surface area contributed by atoms with Crippen molar-refractivity contribution >= 4 is 23.2 Å². The van der Waals surface area contributed by atoms with Crippen molar-refractivity contribution in [2.75, 3.05) is 6.64 Å². The summed E-state index contributed by atoms with van der Waals surface area (Å²) in [4.78, 5) is 0. The Bertz CT molecular complexity index is 584. The summed E-state index contributed by atoms with van der Waals surface area (Å²) in [7, 11) is -1.87. The van der Waals surface area contributed by atoms with Crippen LogP contribution in [-0.4, -0.2) is 6.64 Å². The molecule has 3 rings (SSSR count). The first-order valence-electron chi connectivity index (χ1n) is 7.43. The maximum atomic E-state index is 8.37. The summed E-state index contributed by atoms with van der Waals surface area (Å²) >= 11 is 0. The van der Waals surface area contributed by atoms with E-state index in [1.165, 1.54) is 15.9 Å². The topological polar surface area (TPSA) is 0 Å². The molecule has 1 heteroatoms. The second-order valence-corrected chi connectivity index (χ2v) is 7.99. The van der Waals surface area contributed by atoms with Gasteiger partial charge < -0.3 is 0 Å². The minimum absolute atomic E-state index is 0.394. The van der Waals surface area contributed by atoms with Crippen LogP contribution in [0.1, 0.15) is 1.37 Å². The Kier molecular flexibility index (Phi) is 3.33. The quantitative estimate of drug-likeness (QED) is 0.642. The van der Waals surface area contributed by atoms with Crippen LogP contribution in [0.25, 0.3) is 0 Å². The van der Waals surface area contributed by atoms with E-state index >= 15 is 0 Å². The van der Waals surface area contributed by atoms with Crippen molar-refractivity contribution in [2.45, 2.75) is 0 Å². The molecule has 0 aliphatic rings. The maximum absolute atomic E-state index is 8.37. The van der Waals surface area contributed by atoms with Gasteiger partial charge in [0, 0.05) is 0 Å². The van der Waals surface area contributed by atoms with Crippen LogP contribution in [0.15, 0.2) is 91.0 Å². The number of rotatable bonds is 3. The van der Waals surface area contributed by atoms with Gasteiger partial charge in [0.05, 0.1) is 8.01 Å². The summed E-state index contributed by atoms with van der Waals surface area (Å²) in [5, 5.41) is 3.83. The van der Waals surface area contributed by atoms with E-state index in [9.17, 15) is 0 Å². The van der Waals surface area contributed by atoms with Gasteiger partial charge in [-0.15, -0.1) is 0 Å². The van der Waals surface area contributed by atoms with Crippen molar-refractivity contribution in [3.8, 4) is 0 Å². The molecule has 0 heterocycles. The van der Waals surface area contributed by atoms with Crippen molar-refractivity contribution in [1.82, 2.24) is 0 Å². The molecule has 0 aromatic heterocycles. The van der Waals surface area contributed by atoms with Gasteiger partial charge in [0.1, 0.15) is 23.2 Å². The van der Waals surface area contributed by atoms with E-state index in [-0.39, 0.29) is 0 Å². The Morgan fingerprint density at radius 2 is 0.850 bits per heavy atom. The van der Waals surface area contributed by atoms with E-state index in [4.69, 9.17) is 1.37 Å². The van der Waals surface area contributed by atoms with Crippen LogP contribution in [0.5, 0.6) is 0 Å². The molecule has 0 aliphatic carbocycles. The highest BCUT2D eigenvalue weighted by Gasteiger charge is 2.39. The molecule has 0 radical (unpaired) electrons. The zero-order valence-corrected chi connectivity index (χ0v) is 12.2. The molecular weight excluding hydrogens is 259 g/mol. The van der Waals surface area contributed by atoms with Crippen molar-refractivity contribution in [3.63, 3.8) is 0 Å². The SMILES string of the molecule is [2H]C[P+](c1ccccc1)(c1ccccc1)c1ccccc1. The van der Waals surface area contributed by atoms with Gasteiger partial charge >= 0.3 is 0 Å². The van der Waals surface area contributed by atoms with Crippen LogP contribution in [0.2, 0.25) is 0 Å². The zero-order valence-electron chi connectivity index (χ0n) is 12.3. The lowest BCUT2D eigenvalue weighted by molar-refractivity contribution is 1.72. The number of hydrogen-bond donors (Lipinski definition) is 0. The third kappa shape index (κ3) is 2.28. The molecule has 0 unspecified atom stereocenters. The molecule has 0 N–H and O–H groups in total. The second kappa shape index (κ2) is 5.61. The lowest BCUT2D eigenvalue weighted by Gasteiger charge is -2.22. The molecule has 0 saturated heterocycles. The smallest absolute Gasteiger partial charge is 0.0620 e. The van der Waals surface area contributed by atoms with E-state index in [1.807, 2.05) is 18.2 Å². The largest absolute Gasteiger partial charge is 0.109 e. The Hall–Kier alpha value is -1.91.